The van der Waals surface area contributed by atoms with Crippen molar-refractivity contribution in [2.24, 2.45) is 0 Å². The monoisotopic (exact) mass is 399 g/mol. The van der Waals surface area contributed by atoms with Crippen molar-refractivity contribution in [2.75, 3.05) is 31.1 Å². The van der Waals surface area contributed by atoms with Crippen LogP contribution in [0.3, 0.4) is 0 Å². The number of aromatic nitrogens is 5. The summed E-state index contributed by atoms with van der Waals surface area (Å²) in [4.78, 5) is 9.78. The van der Waals surface area contributed by atoms with Gasteiger partial charge in [-0.15, -0.1) is 5.10 Å². The minimum Gasteiger partial charge on any atom is -0.345 e. The van der Waals surface area contributed by atoms with Gasteiger partial charge in [0, 0.05) is 26.2 Å². The van der Waals surface area contributed by atoms with E-state index < -0.39 is 0 Å². The Kier molecular flexibility index (Phi) is 5.33. The molecule has 7 nitrogen and oxygen atoms in total. The van der Waals surface area contributed by atoms with Gasteiger partial charge >= 0.3 is 0 Å². The molecule has 0 radical (unpaired) electrons. The highest BCUT2D eigenvalue weighted by atomic mass is 32.1. The zero-order valence-electron chi connectivity index (χ0n) is 17.2. The average Bonchev–Trinajstić information content (AvgIpc) is 3.33. The van der Waals surface area contributed by atoms with E-state index in [9.17, 15) is 0 Å². The van der Waals surface area contributed by atoms with Gasteiger partial charge in [0.15, 0.2) is 11.0 Å². The molecule has 150 valence electrons. The van der Waals surface area contributed by atoms with Crippen LogP contribution in [0.15, 0.2) is 24.3 Å². The lowest BCUT2D eigenvalue weighted by atomic mass is 10.1. The van der Waals surface area contributed by atoms with Crippen molar-refractivity contribution in [3.8, 4) is 0 Å². The Morgan fingerprint density at radius 2 is 1.86 bits per heavy atom. The minimum absolute atomic E-state index is 0.117. The summed E-state index contributed by atoms with van der Waals surface area (Å²) >= 11 is 1.79. The van der Waals surface area contributed by atoms with Crippen LogP contribution in [0, 0.1) is 0 Å². The van der Waals surface area contributed by atoms with Crippen LogP contribution in [0.2, 0.25) is 0 Å². The van der Waals surface area contributed by atoms with E-state index >= 15 is 0 Å². The molecule has 1 aromatic carbocycles. The summed E-state index contributed by atoms with van der Waals surface area (Å²) in [6.45, 7) is 12.7. The van der Waals surface area contributed by atoms with Gasteiger partial charge in [-0.05, 0) is 49.8 Å². The molecule has 0 amide bonds. The van der Waals surface area contributed by atoms with Crippen molar-refractivity contribution >= 4 is 26.7 Å². The fourth-order valence-corrected chi connectivity index (χ4v) is 4.87. The van der Waals surface area contributed by atoms with Gasteiger partial charge in [0.05, 0.1) is 21.8 Å². The van der Waals surface area contributed by atoms with Gasteiger partial charge in [0.1, 0.15) is 0 Å². The van der Waals surface area contributed by atoms with Crippen LogP contribution in [0.4, 0.5) is 5.13 Å². The maximum absolute atomic E-state index is 4.83. The summed E-state index contributed by atoms with van der Waals surface area (Å²) in [5.41, 5.74) is 0.978. The Balaban J connectivity index is 1.50. The standard InChI is InChI=1S/C20H29N7S/c1-5-8-16(18-22-23-24-27(18)20(2,3)4)25-11-13-26(14-12-25)19-21-15-9-6-7-10-17(15)28-19/h6-7,9-10,16H,5,8,11-14H2,1-4H3. The van der Waals surface area contributed by atoms with Crippen LogP contribution in [0.5, 0.6) is 0 Å². The molecule has 0 spiro atoms. The zero-order valence-corrected chi connectivity index (χ0v) is 18.0. The number of rotatable bonds is 5. The third-order valence-corrected chi connectivity index (χ3v) is 6.39. The van der Waals surface area contributed by atoms with E-state index in [1.807, 2.05) is 4.68 Å². The number of fused-ring (bicyclic) bond motifs is 1. The number of benzene rings is 1. The molecule has 1 fully saturated rings. The first-order valence-corrected chi connectivity index (χ1v) is 10.9. The van der Waals surface area contributed by atoms with Gasteiger partial charge in [0.2, 0.25) is 0 Å². The lowest BCUT2D eigenvalue weighted by Gasteiger charge is -2.39. The lowest BCUT2D eigenvalue weighted by Crippen LogP contribution is -2.48. The first-order valence-electron chi connectivity index (χ1n) is 10.1. The van der Waals surface area contributed by atoms with E-state index in [4.69, 9.17) is 4.98 Å². The van der Waals surface area contributed by atoms with E-state index in [1.54, 1.807) is 11.3 Å². The molecule has 0 N–H and O–H groups in total. The molecule has 3 heterocycles. The fraction of sp³-hybridized carbons (Fsp3) is 0.600. The maximum atomic E-state index is 4.83. The smallest absolute Gasteiger partial charge is 0.186 e. The molecule has 0 aliphatic carbocycles. The molecule has 28 heavy (non-hydrogen) atoms. The first-order chi connectivity index (χ1) is 13.5. The molecule has 1 unspecified atom stereocenters. The molecule has 1 aliphatic heterocycles. The highest BCUT2D eigenvalue weighted by Gasteiger charge is 2.31. The number of hydrogen-bond donors (Lipinski definition) is 0. The summed E-state index contributed by atoms with van der Waals surface area (Å²) in [7, 11) is 0. The SMILES string of the molecule is CCCC(c1nnnn1C(C)(C)C)N1CCN(c2nc3ccccc3s2)CC1. The second kappa shape index (κ2) is 7.75. The first kappa shape index (κ1) is 19.3. The quantitative estimate of drug-likeness (QED) is 0.652. The molecule has 0 bridgehead atoms. The number of thiazole rings is 1. The predicted molar refractivity (Wildman–Crippen MR) is 114 cm³/mol. The van der Waals surface area contributed by atoms with Crippen LogP contribution >= 0.6 is 11.3 Å². The van der Waals surface area contributed by atoms with Gasteiger partial charge < -0.3 is 4.90 Å². The second-order valence-electron chi connectivity index (χ2n) is 8.41. The number of nitrogens with zero attached hydrogens (tertiary/aromatic N) is 7. The third-order valence-electron chi connectivity index (χ3n) is 5.30. The van der Waals surface area contributed by atoms with Crippen molar-refractivity contribution in [1.82, 2.24) is 30.1 Å². The Morgan fingerprint density at radius 1 is 1.11 bits per heavy atom. The summed E-state index contributed by atoms with van der Waals surface area (Å²) in [5, 5.41) is 13.8. The van der Waals surface area contributed by atoms with Crippen molar-refractivity contribution in [3.63, 3.8) is 0 Å². The molecule has 4 rings (SSSR count). The lowest BCUT2D eigenvalue weighted by molar-refractivity contribution is 0.156. The van der Waals surface area contributed by atoms with Crippen molar-refractivity contribution in [3.05, 3.63) is 30.1 Å². The van der Waals surface area contributed by atoms with E-state index in [0.29, 0.717) is 0 Å². The molecule has 2 aromatic heterocycles. The van der Waals surface area contributed by atoms with Crippen molar-refractivity contribution in [1.29, 1.82) is 0 Å². The van der Waals surface area contributed by atoms with Gasteiger partial charge in [-0.3, -0.25) is 4.90 Å². The van der Waals surface area contributed by atoms with E-state index in [0.717, 1.165) is 55.5 Å². The number of piperazine rings is 1. The fourth-order valence-electron chi connectivity index (χ4n) is 3.85. The van der Waals surface area contributed by atoms with E-state index in [-0.39, 0.29) is 11.6 Å². The van der Waals surface area contributed by atoms with Crippen LogP contribution < -0.4 is 4.90 Å². The van der Waals surface area contributed by atoms with E-state index in [1.165, 1.54) is 4.70 Å². The third kappa shape index (κ3) is 3.75. The molecule has 1 atom stereocenters. The minimum atomic E-state index is -0.117. The molecule has 8 heteroatoms. The van der Waals surface area contributed by atoms with Crippen LogP contribution in [0.25, 0.3) is 10.2 Å². The summed E-state index contributed by atoms with van der Waals surface area (Å²) in [6, 6.07) is 8.64. The maximum Gasteiger partial charge on any atom is 0.186 e. The largest absolute Gasteiger partial charge is 0.345 e. The number of anilines is 1. The van der Waals surface area contributed by atoms with Gasteiger partial charge in [-0.1, -0.05) is 36.8 Å². The van der Waals surface area contributed by atoms with Gasteiger partial charge in [-0.25, -0.2) is 9.67 Å². The van der Waals surface area contributed by atoms with Gasteiger partial charge in [-0.2, -0.15) is 0 Å². The van der Waals surface area contributed by atoms with Crippen molar-refractivity contribution in [2.45, 2.75) is 52.1 Å². The summed E-state index contributed by atoms with van der Waals surface area (Å²) in [6.07, 6.45) is 2.18. The zero-order chi connectivity index (χ0) is 19.7. The molecule has 1 saturated heterocycles. The number of tetrazole rings is 1. The molecule has 0 saturated carbocycles. The topological polar surface area (TPSA) is 63.0 Å². The summed E-state index contributed by atoms with van der Waals surface area (Å²) in [5.74, 6) is 0.989. The molecular weight excluding hydrogens is 370 g/mol. The Hall–Kier alpha value is -2.06. The van der Waals surface area contributed by atoms with Crippen LogP contribution in [-0.4, -0.2) is 56.3 Å². The second-order valence-corrected chi connectivity index (χ2v) is 9.42. The molecular formula is C20H29N7S. The highest BCUT2D eigenvalue weighted by molar-refractivity contribution is 7.22. The summed E-state index contributed by atoms with van der Waals surface area (Å²) < 4.78 is 3.25. The highest BCUT2D eigenvalue weighted by Crippen LogP contribution is 2.32. The van der Waals surface area contributed by atoms with Crippen molar-refractivity contribution < 1.29 is 0 Å². The molecule has 3 aromatic rings. The van der Waals surface area contributed by atoms with Crippen LogP contribution in [-0.2, 0) is 5.54 Å². The average molecular weight is 400 g/mol. The predicted octanol–water partition coefficient (Wildman–Crippen LogP) is 3.70. The van der Waals surface area contributed by atoms with Gasteiger partial charge in [0.25, 0.3) is 0 Å². The molecule has 1 aliphatic rings. The Morgan fingerprint density at radius 3 is 2.54 bits per heavy atom. The Bertz CT molecular complexity index is 885. The number of hydrogen-bond acceptors (Lipinski definition) is 7. The Labute approximate surface area is 170 Å². The van der Waals surface area contributed by atoms with Crippen LogP contribution in [0.1, 0.15) is 52.4 Å². The number of para-hydroxylation sites is 1. The van der Waals surface area contributed by atoms with E-state index in [2.05, 4.69) is 77.3 Å². The normalized spacial score (nSPS) is 17.4.